The van der Waals surface area contributed by atoms with E-state index in [1.807, 2.05) is 19.9 Å². The Kier molecular flexibility index (Phi) is 5.17. The van der Waals surface area contributed by atoms with E-state index >= 15 is 0 Å². The fourth-order valence-corrected chi connectivity index (χ4v) is 1.79. The summed E-state index contributed by atoms with van der Waals surface area (Å²) < 4.78 is 0.915. The quantitative estimate of drug-likeness (QED) is 0.927. The number of amides is 1. The van der Waals surface area contributed by atoms with E-state index in [0.717, 1.165) is 16.5 Å². The third kappa shape index (κ3) is 3.86. The lowest BCUT2D eigenvalue weighted by Gasteiger charge is -2.13. The number of benzene rings is 1. The van der Waals surface area contributed by atoms with Gasteiger partial charge in [0.05, 0.1) is 12.5 Å². The minimum atomic E-state index is -0.132. The van der Waals surface area contributed by atoms with Crippen molar-refractivity contribution in [3.63, 3.8) is 0 Å². The van der Waals surface area contributed by atoms with Gasteiger partial charge in [0.1, 0.15) is 0 Å². The first-order valence-electron chi connectivity index (χ1n) is 5.52. The van der Waals surface area contributed by atoms with Crippen LogP contribution in [0.3, 0.4) is 0 Å². The van der Waals surface area contributed by atoms with E-state index in [9.17, 15) is 4.79 Å². The second-order valence-corrected chi connectivity index (χ2v) is 4.76. The summed E-state index contributed by atoms with van der Waals surface area (Å²) in [6.07, 6.45) is 1.10. The Morgan fingerprint density at radius 3 is 2.82 bits per heavy atom. The zero-order chi connectivity index (χ0) is 12.8. The highest BCUT2D eigenvalue weighted by Crippen LogP contribution is 2.17. The molecule has 1 amide bonds. The second-order valence-electron chi connectivity index (χ2n) is 3.90. The molecule has 0 aliphatic heterocycles. The maximum atomic E-state index is 11.9. The molecule has 0 heterocycles. The molecule has 3 nitrogen and oxygen atoms in total. The van der Waals surface area contributed by atoms with Crippen LogP contribution in [0.1, 0.15) is 35.7 Å². The molecular weight excluding hydrogens is 280 g/mol. The van der Waals surface area contributed by atoms with Gasteiger partial charge in [-0.3, -0.25) is 4.79 Å². The lowest BCUT2D eigenvalue weighted by Crippen LogP contribution is -2.34. The maximum absolute atomic E-state index is 11.9. The summed E-state index contributed by atoms with van der Waals surface area (Å²) in [6, 6.07) is 7.47. The number of hydrogen-bond acceptors (Lipinski definition) is 2. The topological polar surface area (TPSA) is 52.9 Å². The first kappa shape index (κ1) is 13.7. The highest BCUT2D eigenvalue weighted by molar-refractivity contribution is 9.10. The average molecular weight is 295 g/mol. The Morgan fingerprint density at radius 1 is 1.59 bits per heavy atom. The molecule has 1 aromatic rings. The van der Waals surface area contributed by atoms with Crippen molar-refractivity contribution in [1.82, 2.24) is 5.32 Å². The third-order valence-corrected chi connectivity index (χ3v) is 3.45. The van der Waals surface area contributed by atoms with E-state index in [-0.39, 0.29) is 11.9 Å². The number of hydrogen-bond donors (Lipinski definition) is 1. The van der Waals surface area contributed by atoms with Crippen LogP contribution >= 0.6 is 15.9 Å². The summed E-state index contributed by atoms with van der Waals surface area (Å²) in [5, 5.41) is 11.5. The lowest BCUT2D eigenvalue weighted by molar-refractivity contribution is 0.0936. The van der Waals surface area contributed by atoms with Crippen molar-refractivity contribution in [3.05, 3.63) is 33.8 Å². The molecule has 1 aromatic carbocycles. The van der Waals surface area contributed by atoms with Gasteiger partial charge in [0.15, 0.2) is 0 Å². The number of rotatable bonds is 4. The standard InChI is InChI=1S/C13H15BrN2O/c1-3-11(6-7-15)16-13(17)10-5-4-9(2)12(14)8-10/h4-5,8,11H,3,6H2,1-2H3,(H,16,17). The zero-order valence-electron chi connectivity index (χ0n) is 9.96. The van der Waals surface area contributed by atoms with Gasteiger partial charge >= 0.3 is 0 Å². The van der Waals surface area contributed by atoms with Crippen molar-refractivity contribution < 1.29 is 4.79 Å². The summed E-state index contributed by atoms with van der Waals surface area (Å²) in [5.74, 6) is -0.132. The Labute approximate surface area is 110 Å². The maximum Gasteiger partial charge on any atom is 0.251 e. The largest absolute Gasteiger partial charge is 0.348 e. The van der Waals surface area contributed by atoms with Crippen molar-refractivity contribution in [2.75, 3.05) is 0 Å². The molecule has 0 bridgehead atoms. The van der Waals surface area contributed by atoms with E-state index in [1.165, 1.54) is 0 Å². The molecule has 17 heavy (non-hydrogen) atoms. The molecule has 0 fully saturated rings. The van der Waals surface area contributed by atoms with Crippen LogP contribution in [0.25, 0.3) is 0 Å². The van der Waals surface area contributed by atoms with Crippen LogP contribution in [0.2, 0.25) is 0 Å². The molecule has 4 heteroatoms. The fourth-order valence-electron chi connectivity index (χ4n) is 1.41. The van der Waals surface area contributed by atoms with Crippen LogP contribution in [0.15, 0.2) is 22.7 Å². The lowest BCUT2D eigenvalue weighted by atomic mass is 10.1. The smallest absolute Gasteiger partial charge is 0.251 e. The van der Waals surface area contributed by atoms with Gasteiger partial charge in [-0.05, 0) is 31.0 Å². The molecule has 0 aliphatic carbocycles. The third-order valence-electron chi connectivity index (χ3n) is 2.60. The predicted molar refractivity (Wildman–Crippen MR) is 70.7 cm³/mol. The molecule has 0 spiro atoms. The molecule has 1 unspecified atom stereocenters. The number of nitrogens with zero attached hydrogens (tertiary/aromatic N) is 1. The Hall–Kier alpha value is -1.34. The number of nitrogens with one attached hydrogen (secondary N) is 1. The van der Waals surface area contributed by atoms with Gasteiger partial charge in [0, 0.05) is 16.1 Å². The molecule has 0 aliphatic rings. The van der Waals surface area contributed by atoms with E-state index in [0.29, 0.717) is 12.0 Å². The number of carbonyl (C=O) groups is 1. The summed E-state index contributed by atoms with van der Waals surface area (Å²) in [4.78, 5) is 11.9. The van der Waals surface area contributed by atoms with Gasteiger partial charge in [-0.15, -0.1) is 0 Å². The normalized spacial score (nSPS) is 11.6. The van der Waals surface area contributed by atoms with Crippen molar-refractivity contribution in [3.8, 4) is 6.07 Å². The van der Waals surface area contributed by atoms with E-state index in [4.69, 9.17) is 5.26 Å². The molecule has 1 atom stereocenters. The van der Waals surface area contributed by atoms with Gasteiger partial charge < -0.3 is 5.32 Å². The number of aryl methyl sites for hydroxylation is 1. The minimum Gasteiger partial charge on any atom is -0.348 e. The van der Waals surface area contributed by atoms with E-state index in [2.05, 4.69) is 27.3 Å². The highest BCUT2D eigenvalue weighted by Gasteiger charge is 2.12. The Balaban J connectivity index is 2.76. The predicted octanol–water partition coefficient (Wildman–Crippen LogP) is 3.18. The molecule has 1 N–H and O–H groups in total. The monoisotopic (exact) mass is 294 g/mol. The molecular formula is C13H15BrN2O. The highest BCUT2D eigenvalue weighted by atomic mass is 79.9. The van der Waals surface area contributed by atoms with Crippen LogP contribution in [0, 0.1) is 18.3 Å². The van der Waals surface area contributed by atoms with Crippen molar-refractivity contribution >= 4 is 21.8 Å². The number of nitriles is 1. The van der Waals surface area contributed by atoms with E-state index in [1.54, 1.807) is 12.1 Å². The molecule has 1 rings (SSSR count). The fraction of sp³-hybridized carbons (Fsp3) is 0.385. The first-order valence-corrected chi connectivity index (χ1v) is 6.31. The summed E-state index contributed by atoms with van der Waals surface area (Å²) in [6.45, 7) is 3.92. The van der Waals surface area contributed by atoms with Gasteiger partial charge in [-0.2, -0.15) is 5.26 Å². The summed E-state index contributed by atoms with van der Waals surface area (Å²) in [5.41, 5.74) is 1.70. The van der Waals surface area contributed by atoms with Crippen LogP contribution in [0.5, 0.6) is 0 Å². The van der Waals surface area contributed by atoms with Crippen LogP contribution in [-0.2, 0) is 0 Å². The van der Waals surface area contributed by atoms with Crippen molar-refractivity contribution in [2.45, 2.75) is 32.7 Å². The molecule has 90 valence electrons. The molecule has 0 saturated carbocycles. The van der Waals surface area contributed by atoms with E-state index < -0.39 is 0 Å². The second kappa shape index (κ2) is 6.41. The molecule has 0 saturated heterocycles. The molecule has 0 radical (unpaired) electrons. The van der Waals surface area contributed by atoms with Gasteiger partial charge in [0.2, 0.25) is 0 Å². The minimum absolute atomic E-state index is 0.0763. The summed E-state index contributed by atoms with van der Waals surface area (Å²) in [7, 11) is 0. The van der Waals surface area contributed by atoms with Gasteiger partial charge in [0.25, 0.3) is 5.91 Å². The van der Waals surface area contributed by atoms with Crippen LogP contribution in [-0.4, -0.2) is 11.9 Å². The van der Waals surface area contributed by atoms with Crippen LogP contribution in [0.4, 0.5) is 0 Å². The summed E-state index contributed by atoms with van der Waals surface area (Å²) >= 11 is 3.40. The number of carbonyl (C=O) groups excluding carboxylic acids is 1. The van der Waals surface area contributed by atoms with Crippen molar-refractivity contribution in [2.24, 2.45) is 0 Å². The Bertz CT molecular complexity index is 451. The van der Waals surface area contributed by atoms with Gasteiger partial charge in [-0.25, -0.2) is 0 Å². The van der Waals surface area contributed by atoms with Gasteiger partial charge in [-0.1, -0.05) is 28.9 Å². The van der Waals surface area contributed by atoms with Crippen molar-refractivity contribution in [1.29, 1.82) is 5.26 Å². The SMILES string of the molecule is CCC(CC#N)NC(=O)c1ccc(C)c(Br)c1. The number of halogens is 1. The van der Waals surface area contributed by atoms with Crippen LogP contribution < -0.4 is 5.32 Å². The molecule has 0 aromatic heterocycles. The average Bonchev–Trinajstić information content (AvgIpc) is 2.31. The Morgan fingerprint density at radius 2 is 2.29 bits per heavy atom. The zero-order valence-corrected chi connectivity index (χ0v) is 11.5. The first-order chi connectivity index (χ1) is 8.08.